The van der Waals surface area contributed by atoms with Gasteiger partial charge in [0.1, 0.15) is 24.0 Å². The summed E-state index contributed by atoms with van der Waals surface area (Å²) < 4.78 is 65.8. The number of benzene rings is 2. The monoisotopic (exact) mass is 416 g/mol. The van der Waals surface area contributed by atoms with Gasteiger partial charge in [-0.25, -0.2) is 18.7 Å². The van der Waals surface area contributed by atoms with Crippen molar-refractivity contribution in [2.75, 3.05) is 11.9 Å². The first-order chi connectivity index (χ1) is 14.3. The van der Waals surface area contributed by atoms with Crippen molar-refractivity contribution in [3.63, 3.8) is 0 Å². The highest BCUT2D eigenvalue weighted by Gasteiger charge is 2.27. The third-order valence-electron chi connectivity index (χ3n) is 4.31. The number of nitrogens with zero attached hydrogens (tertiary/aromatic N) is 3. The summed E-state index contributed by atoms with van der Waals surface area (Å²) in [4.78, 5) is 12.6. The first-order valence-electron chi connectivity index (χ1n) is 8.78. The van der Waals surface area contributed by atoms with E-state index in [1.54, 1.807) is 30.5 Å². The summed E-state index contributed by atoms with van der Waals surface area (Å²) in [5.41, 5.74) is 1.35. The average molecular weight is 416 g/mol. The summed E-state index contributed by atoms with van der Waals surface area (Å²) in [5.74, 6) is -1.37. The smallest absolute Gasteiger partial charge is 0.361 e. The second-order valence-corrected chi connectivity index (χ2v) is 6.46. The molecule has 0 saturated heterocycles. The molecule has 0 aliphatic carbocycles. The molecule has 0 aliphatic heterocycles. The van der Waals surface area contributed by atoms with Crippen LogP contribution in [0.2, 0.25) is 0 Å². The third-order valence-corrected chi connectivity index (χ3v) is 4.31. The van der Waals surface area contributed by atoms with Crippen molar-refractivity contribution >= 4 is 16.7 Å². The molecule has 2 heterocycles. The molecule has 9 heteroatoms. The fourth-order valence-electron chi connectivity index (χ4n) is 2.96. The highest BCUT2D eigenvalue weighted by Crippen LogP contribution is 2.31. The van der Waals surface area contributed by atoms with Gasteiger partial charge in [0.25, 0.3) is 0 Å². The van der Waals surface area contributed by atoms with Crippen LogP contribution in [0.15, 0.2) is 60.9 Å². The first kappa shape index (κ1) is 19.7. The van der Waals surface area contributed by atoms with Crippen LogP contribution in [0.4, 0.5) is 27.8 Å². The molecule has 0 saturated carbocycles. The van der Waals surface area contributed by atoms with Crippen molar-refractivity contribution in [2.45, 2.75) is 6.18 Å². The Balaban J connectivity index is 1.87. The van der Waals surface area contributed by atoms with Gasteiger partial charge in [0.15, 0.2) is 5.82 Å². The van der Waals surface area contributed by atoms with Crippen molar-refractivity contribution in [2.24, 2.45) is 0 Å². The molecule has 2 aromatic carbocycles. The molecule has 4 aromatic rings. The van der Waals surface area contributed by atoms with Gasteiger partial charge in [-0.2, -0.15) is 13.2 Å². The normalized spacial score (nSPS) is 11.6. The summed E-state index contributed by atoms with van der Waals surface area (Å²) in [5, 5.41) is 2.56. The molecule has 0 atom stereocenters. The second-order valence-electron chi connectivity index (χ2n) is 6.46. The first-order valence-corrected chi connectivity index (χ1v) is 8.78. The zero-order valence-corrected chi connectivity index (χ0v) is 15.2. The Morgan fingerprint density at radius 1 is 0.900 bits per heavy atom. The standard InChI is InChI=1S/C21H13F5N4/c22-14-4-5-15(17(23)9-14)12-3-6-18-16(8-12)20(28-11-21(24,25)26)30-19(29-18)13-2-1-7-27-10-13/h1-10H,11H2,(H,28,29,30). The van der Waals surface area contributed by atoms with E-state index in [2.05, 4.69) is 20.3 Å². The zero-order valence-electron chi connectivity index (χ0n) is 15.2. The molecular formula is C21H13F5N4. The Bertz CT molecular complexity index is 1210. The highest BCUT2D eigenvalue weighted by molar-refractivity contribution is 5.94. The predicted octanol–water partition coefficient (Wildman–Crippen LogP) is 5.61. The van der Waals surface area contributed by atoms with Crippen molar-refractivity contribution < 1.29 is 22.0 Å². The Labute approximate surface area is 167 Å². The zero-order chi connectivity index (χ0) is 21.3. The lowest BCUT2D eigenvalue weighted by atomic mass is 10.0. The third kappa shape index (κ3) is 4.19. The van der Waals surface area contributed by atoms with Crippen molar-refractivity contribution in [1.82, 2.24) is 15.0 Å². The van der Waals surface area contributed by atoms with E-state index in [0.29, 0.717) is 16.6 Å². The summed E-state index contributed by atoms with van der Waals surface area (Å²) in [6, 6.07) is 11.0. The van der Waals surface area contributed by atoms with Crippen molar-refractivity contribution in [3.8, 4) is 22.5 Å². The molecule has 2 aromatic heterocycles. The molecule has 4 rings (SSSR count). The minimum absolute atomic E-state index is 0.0550. The number of alkyl halides is 3. The molecule has 152 valence electrons. The van der Waals surface area contributed by atoms with Gasteiger partial charge in [-0.05, 0) is 42.0 Å². The molecule has 4 nitrogen and oxygen atoms in total. The van der Waals surface area contributed by atoms with Gasteiger partial charge in [0.05, 0.1) is 5.52 Å². The SMILES string of the molecule is Fc1ccc(-c2ccc3nc(-c4cccnc4)nc(NCC(F)(F)F)c3c2)c(F)c1. The molecular weight excluding hydrogens is 403 g/mol. The summed E-state index contributed by atoms with van der Waals surface area (Å²) in [7, 11) is 0. The number of fused-ring (bicyclic) bond motifs is 1. The molecule has 0 amide bonds. The Kier molecular flexibility index (Phi) is 5.03. The van der Waals surface area contributed by atoms with Crippen LogP contribution in [0.3, 0.4) is 0 Å². The molecule has 0 spiro atoms. The predicted molar refractivity (Wildman–Crippen MR) is 103 cm³/mol. The lowest BCUT2D eigenvalue weighted by molar-refractivity contribution is -0.115. The van der Waals surface area contributed by atoms with E-state index in [1.165, 1.54) is 18.3 Å². The lowest BCUT2D eigenvalue weighted by Crippen LogP contribution is -2.22. The van der Waals surface area contributed by atoms with Gasteiger partial charge in [0.2, 0.25) is 0 Å². The number of aromatic nitrogens is 3. The van der Waals surface area contributed by atoms with Crippen LogP contribution in [0.25, 0.3) is 33.4 Å². The minimum atomic E-state index is -4.47. The van der Waals surface area contributed by atoms with E-state index in [0.717, 1.165) is 12.1 Å². The number of hydrogen-bond donors (Lipinski definition) is 1. The summed E-state index contributed by atoms with van der Waals surface area (Å²) in [6.07, 6.45) is -1.42. The van der Waals surface area contributed by atoms with E-state index >= 15 is 0 Å². The van der Waals surface area contributed by atoms with E-state index in [1.807, 2.05) is 0 Å². The average Bonchev–Trinajstić information content (AvgIpc) is 2.71. The fraction of sp³-hybridized carbons (Fsp3) is 0.0952. The van der Waals surface area contributed by atoms with Crippen LogP contribution in [-0.4, -0.2) is 27.7 Å². The summed E-state index contributed by atoms with van der Waals surface area (Å²) in [6.45, 7) is -1.30. The quantitative estimate of drug-likeness (QED) is 0.440. The van der Waals surface area contributed by atoms with Crippen molar-refractivity contribution in [3.05, 3.63) is 72.6 Å². The van der Waals surface area contributed by atoms with Crippen LogP contribution < -0.4 is 5.32 Å². The molecule has 0 unspecified atom stereocenters. The van der Waals surface area contributed by atoms with Crippen LogP contribution >= 0.6 is 0 Å². The molecule has 0 radical (unpaired) electrons. The number of hydrogen-bond acceptors (Lipinski definition) is 4. The fourth-order valence-corrected chi connectivity index (χ4v) is 2.96. The highest BCUT2D eigenvalue weighted by atomic mass is 19.4. The molecule has 1 N–H and O–H groups in total. The van der Waals surface area contributed by atoms with E-state index in [9.17, 15) is 22.0 Å². The van der Waals surface area contributed by atoms with Crippen molar-refractivity contribution in [1.29, 1.82) is 0 Å². The second kappa shape index (κ2) is 7.66. The summed E-state index contributed by atoms with van der Waals surface area (Å²) >= 11 is 0. The largest absolute Gasteiger partial charge is 0.405 e. The Hall–Kier alpha value is -3.62. The topological polar surface area (TPSA) is 50.7 Å². The number of anilines is 1. The minimum Gasteiger partial charge on any atom is -0.361 e. The van der Waals surface area contributed by atoms with Crippen LogP contribution in [0.5, 0.6) is 0 Å². The van der Waals surface area contributed by atoms with E-state index in [4.69, 9.17) is 0 Å². The van der Waals surface area contributed by atoms with Crippen LogP contribution in [-0.2, 0) is 0 Å². The number of pyridine rings is 1. The van der Waals surface area contributed by atoms with Gasteiger partial charge in [-0.3, -0.25) is 4.98 Å². The van der Waals surface area contributed by atoms with Gasteiger partial charge < -0.3 is 5.32 Å². The molecule has 0 bridgehead atoms. The maximum atomic E-state index is 14.2. The molecule has 0 fully saturated rings. The maximum Gasteiger partial charge on any atom is 0.405 e. The Morgan fingerprint density at radius 2 is 1.73 bits per heavy atom. The Morgan fingerprint density at radius 3 is 2.43 bits per heavy atom. The number of nitrogens with one attached hydrogen (secondary N) is 1. The van der Waals surface area contributed by atoms with Gasteiger partial charge >= 0.3 is 6.18 Å². The molecule has 30 heavy (non-hydrogen) atoms. The maximum absolute atomic E-state index is 14.2. The lowest BCUT2D eigenvalue weighted by Gasteiger charge is -2.14. The van der Waals surface area contributed by atoms with Crippen LogP contribution in [0.1, 0.15) is 0 Å². The molecule has 0 aliphatic rings. The van der Waals surface area contributed by atoms with E-state index in [-0.39, 0.29) is 22.6 Å². The van der Waals surface area contributed by atoms with Crippen LogP contribution in [0, 0.1) is 11.6 Å². The van der Waals surface area contributed by atoms with Gasteiger partial charge in [-0.1, -0.05) is 6.07 Å². The number of rotatable bonds is 4. The van der Waals surface area contributed by atoms with Gasteiger partial charge in [-0.15, -0.1) is 0 Å². The van der Waals surface area contributed by atoms with E-state index < -0.39 is 24.4 Å². The van der Waals surface area contributed by atoms with Gasteiger partial charge in [0, 0.05) is 35.0 Å². The number of halogens is 5.